The molecule has 0 saturated heterocycles. The number of hydrogen-bond acceptors (Lipinski definition) is 2. The molecule has 0 saturated carbocycles. The van der Waals surface area contributed by atoms with Crippen LogP contribution in [0.2, 0.25) is 0 Å². The van der Waals surface area contributed by atoms with E-state index in [0.717, 1.165) is 19.3 Å². The summed E-state index contributed by atoms with van der Waals surface area (Å²) in [7, 11) is 0. The molecule has 2 rings (SSSR count). The van der Waals surface area contributed by atoms with Crippen LogP contribution in [0.3, 0.4) is 0 Å². The molecule has 0 aromatic carbocycles. The Labute approximate surface area is 132 Å². The van der Waals surface area contributed by atoms with E-state index in [1.807, 2.05) is 20.0 Å². The van der Waals surface area contributed by atoms with Crippen LogP contribution in [0.1, 0.15) is 46.1 Å². The molecule has 118 valence electrons. The van der Waals surface area contributed by atoms with Gasteiger partial charge >= 0.3 is 5.69 Å². The molecule has 1 aromatic rings. The van der Waals surface area contributed by atoms with Gasteiger partial charge in [-0.1, -0.05) is 42.9 Å². The van der Waals surface area contributed by atoms with Crippen LogP contribution >= 0.6 is 0 Å². The third kappa shape index (κ3) is 3.56. The summed E-state index contributed by atoms with van der Waals surface area (Å²) in [6.07, 6.45) is 12.7. The maximum Gasteiger partial charge on any atom is 0.330 e. The second kappa shape index (κ2) is 7.25. The van der Waals surface area contributed by atoms with Crippen LogP contribution in [0.25, 0.3) is 0 Å². The number of imidazole rings is 1. The zero-order valence-corrected chi connectivity index (χ0v) is 13.7. The van der Waals surface area contributed by atoms with E-state index < -0.39 is 0 Å². The van der Waals surface area contributed by atoms with E-state index in [0.29, 0.717) is 12.4 Å². The maximum absolute atomic E-state index is 12.6. The molecule has 0 bridgehead atoms. The summed E-state index contributed by atoms with van der Waals surface area (Å²) in [5, 5.41) is 0. The lowest BCUT2D eigenvalue weighted by atomic mass is 9.97. The first-order valence-electron chi connectivity index (χ1n) is 7.91. The lowest BCUT2D eigenvalue weighted by molar-refractivity contribution is 0.560. The molecule has 1 aliphatic carbocycles. The van der Waals surface area contributed by atoms with Gasteiger partial charge < -0.3 is 0 Å². The standard InChI is InChI=1S/C18H25N3O/c1-5-11-19-17-13-20(18(22)21(17)14(3)4)12-16-9-7-15(6-2)8-10-16/h5,7,9,11,13-14H,1,6,8,10,12H2,2-4H3/b19-11-. The highest BCUT2D eigenvalue weighted by atomic mass is 16.1. The second-order valence-electron chi connectivity index (χ2n) is 5.88. The fourth-order valence-electron chi connectivity index (χ4n) is 2.69. The Morgan fingerprint density at radius 3 is 2.55 bits per heavy atom. The van der Waals surface area contributed by atoms with E-state index in [4.69, 9.17) is 0 Å². The number of rotatable bonds is 6. The molecule has 0 atom stereocenters. The zero-order chi connectivity index (χ0) is 16.1. The van der Waals surface area contributed by atoms with Crippen LogP contribution in [0.4, 0.5) is 5.82 Å². The fourth-order valence-corrected chi connectivity index (χ4v) is 2.69. The van der Waals surface area contributed by atoms with Crippen molar-refractivity contribution in [3.8, 4) is 0 Å². The molecule has 4 heteroatoms. The van der Waals surface area contributed by atoms with Crippen LogP contribution in [-0.4, -0.2) is 15.3 Å². The number of aliphatic imine (C=N–C) groups is 1. The summed E-state index contributed by atoms with van der Waals surface area (Å²) in [5.74, 6) is 0.682. The van der Waals surface area contributed by atoms with Gasteiger partial charge in [0.2, 0.25) is 0 Å². The van der Waals surface area contributed by atoms with E-state index in [9.17, 15) is 4.79 Å². The number of aromatic nitrogens is 2. The van der Waals surface area contributed by atoms with Gasteiger partial charge in [0.1, 0.15) is 0 Å². The van der Waals surface area contributed by atoms with Crippen molar-refractivity contribution in [1.82, 2.24) is 9.13 Å². The molecule has 0 radical (unpaired) electrons. The highest BCUT2D eigenvalue weighted by Gasteiger charge is 2.14. The van der Waals surface area contributed by atoms with Crippen molar-refractivity contribution < 1.29 is 0 Å². The van der Waals surface area contributed by atoms with Crippen molar-refractivity contribution in [2.75, 3.05) is 0 Å². The van der Waals surface area contributed by atoms with Crippen molar-refractivity contribution in [1.29, 1.82) is 0 Å². The Balaban J connectivity index is 2.31. The lowest BCUT2D eigenvalue weighted by Crippen LogP contribution is -2.26. The third-order valence-corrected chi connectivity index (χ3v) is 3.95. The van der Waals surface area contributed by atoms with Gasteiger partial charge in [0, 0.05) is 18.8 Å². The lowest BCUT2D eigenvalue weighted by Gasteiger charge is -2.13. The summed E-state index contributed by atoms with van der Waals surface area (Å²) in [5.41, 5.74) is 2.77. The molecular formula is C18H25N3O. The molecule has 1 aromatic heterocycles. The van der Waals surface area contributed by atoms with Crippen LogP contribution in [0.15, 0.2) is 51.9 Å². The average molecular weight is 299 g/mol. The largest absolute Gasteiger partial charge is 0.330 e. The first kappa shape index (κ1) is 16.3. The summed E-state index contributed by atoms with van der Waals surface area (Å²) >= 11 is 0. The molecule has 0 aliphatic heterocycles. The van der Waals surface area contributed by atoms with Crippen LogP contribution < -0.4 is 5.69 Å². The number of hydrogen-bond donors (Lipinski definition) is 0. The normalized spacial score (nSPS) is 15.3. The Morgan fingerprint density at radius 1 is 1.32 bits per heavy atom. The van der Waals surface area contributed by atoms with E-state index in [1.54, 1.807) is 21.4 Å². The predicted octanol–water partition coefficient (Wildman–Crippen LogP) is 4.18. The van der Waals surface area contributed by atoms with Crippen LogP contribution in [0, 0.1) is 0 Å². The minimum atomic E-state index is -0.00243. The number of nitrogens with zero attached hydrogens (tertiary/aromatic N) is 3. The van der Waals surface area contributed by atoms with Crippen LogP contribution in [-0.2, 0) is 6.54 Å². The monoisotopic (exact) mass is 299 g/mol. The molecule has 4 nitrogen and oxygen atoms in total. The number of allylic oxidation sites excluding steroid dienone is 5. The molecule has 1 heterocycles. The smallest absolute Gasteiger partial charge is 0.293 e. The van der Waals surface area contributed by atoms with Crippen molar-refractivity contribution >= 4 is 12.0 Å². The Kier molecular flexibility index (Phi) is 5.36. The SMILES string of the molecule is C=C/C=N\c1cn(CC2=CC=C(CC)CC2)c(=O)n1C(C)C. The van der Waals surface area contributed by atoms with E-state index in [2.05, 4.69) is 30.6 Å². The quantitative estimate of drug-likeness (QED) is 0.726. The van der Waals surface area contributed by atoms with Gasteiger partial charge in [0.15, 0.2) is 5.82 Å². The molecule has 0 fully saturated rings. The molecule has 0 N–H and O–H groups in total. The summed E-state index contributed by atoms with van der Waals surface area (Å²) in [4.78, 5) is 16.9. The molecule has 0 unspecified atom stereocenters. The van der Waals surface area contributed by atoms with E-state index in [1.165, 1.54) is 11.1 Å². The van der Waals surface area contributed by atoms with Gasteiger partial charge in [-0.25, -0.2) is 9.79 Å². The fraction of sp³-hybridized carbons (Fsp3) is 0.444. The van der Waals surface area contributed by atoms with E-state index in [-0.39, 0.29) is 11.7 Å². The summed E-state index contributed by atoms with van der Waals surface area (Å²) in [6.45, 7) is 10.4. The van der Waals surface area contributed by atoms with Gasteiger partial charge in [-0.05, 0) is 33.1 Å². The van der Waals surface area contributed by atoms with Gasteiger partial charge in [-0.2, -0.15) is 0 Å². The highest BCUT2D eigenvalue weighted by Crippen LogP contribution is 2.22. The molecule has 1 aliphatic rings. The zero-order valence-electron chi connectivity index (χ0n) is 13.7. The Morgan fingerprint density at radius 2 is 2.00 bits per heavy atom. The van der Waals surface area contributed by atoms with Gasteiger partial charge in [0.25, 0.3) is 0 Å². The van der Waals surface area contributed by atoms with Crippen molar-refractivity contribution in [2.24, 2.45) is 4.99 Å². The van der Waals surface area contributed by atoms with Crippen molar-refractivity contribution in [3.63, 3.8) is 0 Å². The maximum atomic E-state index is 12.6. The first-order valence-corrected chi connectivity index (χ1v) is 7.91. The molecule has 0 spiro atoms. The van der Waals surface area contributed by atoms with Crippen molar-refractivity contribution in [3.05, 3.63) is 52.6 Å². The first-order chi connectivity index (χ1) is 10.6. The predicted molar refractivity (Wildman–Crippen MR) is 93.1 cm³/mol. The summed E-state index contributed by atoms with van der Waals surface area (Å²) < 4.78 is 3.48. The Bertz CT molecular complexity index is 684. The van der Waals surface area contributed by atoms with Crippen molar-refractivity contribution in [2.45, 2.75) is 52.6 Å². The topological polar surface area (TPSA) is 39.3 Å². The third-order valence-electron chi connectivity index (χ3n) is 3.95. The average Bonchev–Trinajstić information content (AvgIpc) is 2.82. The second-order valence-corrected chi connectivity index (χ2v) is 5.88. The highest BCUT2D eigenvalue weighted by molar-refractivity contribution is 5.72. The van der Waals surface area contributed by atoms with Gasteiger partial charge in [0.05, 0.1) is 6.20 Å². The molecular weight excluding hydrogens is 274 g/mol. The Hall–Kier alpha value is -2.10. The molecule has 22 heavy (non-hydrogen) atoms. The molecule has 0 amide bonds. The minimum Gasteiger partial charge on any atom is -0.293 e. The van der Waals surface area contributed by atoms with Gasteiger partial charge in [-0.15, -0.1) is 0 Å². The van der Waals surface area contributed by atoms with E-state index >= 15 is 0 Å². The minimum absolute atomic E-state index is 0.00243. The van der Waals surface area contributed by atoms with Gasteiger partial charge in [-0.3, -0.25) is 9.13 Å². The van der Waals surface area contributed by atoms with Crippen LogP contribution in [0.5, 0.6) is 0 Å². The summed E-state index contributed by atoms with van der Waals surface area (Å²) in [6, 6.07) is 0.0811.